The van der Waals surface area contributed by atoms with Crippen molar-refractivity contribution in [1.29, 1.82) is 0 Å². The van der Waals surface area contributed by atoms with Crippen LogP contribution < -0.4 is 5.32 Å². The Morgan fingerprint density at radius 2 is 2.12 bits per heavy atom. The van der Waals surface area contributed by atoms with Crippen LogP contribution in [-0.4, -0.2) is 38.8 Å². The minimum absolute atomic E-state index is 0.0261. The Balaban J connectivity index is 1.51. The second kappa shape index (κ2) is 7.47. The van der Waals surface area contributed by atoms with E-state index in [2.05, 4.69) is 46.7 Å². The summed E-state index contributed by atoms with van der Waals surface area (Å²) in [6, 6.07) is 8.28. The molecule has 3 rings (SSSR count). The fourth-order valence-corrected chi connectivity index (χ4v) is 3.16. The van der Waals surface area contributed by atoms with Gasteiger partial charge in [-0.3, -0.25) is 0 Å². The molecule has 1 aromatic heterocycles. The number of nitrogens with zero attached hydrogens (tertiary/aromatic N) is 4. The Morgan fingerprint density at radius 1 is 1.33 bits per heavy atom. The molecule has 1 aromatic carbocycles. The number of piperidine rings is 1. The third kappa shape index (κ3) is 4.13. The molecule has 0 spiro atoms. The number of hydrogen-bond acceptors (Lipinski definition) is 3. The van der Waals surface area contributed by atoms with E-state index in [0.29, 0.717) is 12.5 Å². The maximum Gasteiger partial charge on any atom is 0.317 e. The second-order valence-corrected chi connectivity index (χ2v) is 6.66. The van der Waals surface area contributed by atoms with Crippen molar-refractivity contribution in [3.8, 4) is 0 Å². The van der Waals surface area contributed by atoms with Gasteiger partial charge in [-0.1, -0.05) is 29.8 Å². The van der Waals surface area contributed by atoms with Gasteiger partial charge in [0.05, 0.1) is 0 Å². The van der Waals surface area contributed by atoms with Gasteiger partial charge in [0.15, 0.2) is 0 Å². The van der Waals surface area contributed by atoms with Gasteiger partial charge < -0.3 is 14.8 Å². The summed E-state index contributed by atoms with van der Waals surface area (Å²) < 4.78 is 1.95. The van der Waals surface area contributed by atoms with Crippen LogP contribution in [0, 0.1) is 12.8 Å². The second-order valence-electron chi connectivity index (χ2n) is 6.66. The molecule has 2 amide bonds. The summed E-state index contributed by atoms with van der Waals surface area (Å²) in [6.07, 6.45) is 4.78. The fraction of sp³-hybridized carbons (Fsp3) is 0.500. The molecule has 1 fully saturated rings. The number of carbonyl (C=O) groups excluding carboxylic acids is 1. The van der Waals surface area contributed by atoms with Crippen LogP contribution in [0.3, 0.4) is 0 Å². The average Bonchev–Trinajstić information content (AvgIpc) is 2.99. The van der Waals surface area contributed by atoms with Crippen LogP contribution in [0.2, 0.25) is 0 Å². The number of urea groups is 1. The van der Waals surface area contributed by atoms with Crippen molar-refractivity contribution in [2.24, 2.45) is 13.0 Å². The van der Waals surface area contributed by atoms with E-state index in [1.807, 2.05) is 16.5 Å². The lowest BCUT2D eigenvalue weighted by Crippen LogP contribution is -2.45. The summed E-state index contributed by atoms with van der Waals surface area (Å²) in [7, 11) is 1.96. The van der Waals surface area contributed by atoms with Gasteiger partial charge in [-0.05, 0) is 31.2 Å². The van der Waals surface area contributed by atoms with Gasteiger partial charge in [0.2, 0.25) is 0 Å². The highest BCUT2D eigenvalue weighted by molar-refractivity contribution is 5.74. The number of amides is 2. The van der Waals surface area contributed by atoms with Gasteiger partial charge in [-0.2, -0.15) is 0 Å². The Labute approximate surface area is 142 Å². The van der Waals surface area contributed by atoms with Gasteiger partial charge in [0.1, 0.15) is 12.2 Å². The minimum Gasteiger partial charge on any atom is -0.334 e. The zero-order valence-electron chi connectivity index (χ0n) is 14.4. The molecule has 1 N–H and O–H groups in total. The lowest BCUT2D eigenvalue weighted by atomic mass is 9.94. The minimum atomic E-state index is 0.0261. The molecule has 0 bridgehead atoms. The highest BCUT2D eigenvalue weighted by atomic mass is 16.2. The van der Waals surface area contributed by atoms with Crippen LogP contribution in [-0.2, 0) is 20.0 Å². The zero-order chi connectivity index (χ0) is 16.9. The Kier molecular flexibility index (Phi) is 5.13. The van der Waals surface area contributed by atoms with Crippen molar-refractivity contribution in [1.82, 2.24) is 25.0 Å². The molecule has 0 saturated carbocycles. The lowest BCUT2D eigenvalue weighted by molar-refractivity contribution is 0.164. The molecule has 1 atom stereocenters. The van der Waals surface area contributed by atoms with E-state index >= 15 is 0 Å². The molecule has 6 nitrogen and oxygen atoms in total. The number of rotatable bonds is 4. The summed E-state index contributed by atoms with van der Waals surface area (Å²) in [4.78, 5) is 14.4. The van der Waals surface area contributed by atoms with Crippen molar-refractivity contribution in [3.05, 3.63) is 47.5 Å². The third-order valence-corrected chi connectivity index (χ3v) is 4.65. The largest absolute Gasteiger partial charge is 0.334 e. The predicted molar refractivity (Wildman–Crippen MR) is 92.4 cm³/mol. The summed E-state index contributed by atoms with van der Waals surface area (Å²) in [6.45, 7) is 4.25. The number of carbonyl (C=O) groups is 1. The maximum atomic E-state index is 12.4. The summed E-state index contributed by atoms with van der Waals surface area (Å²) in [5.41, 5.74) is 2.36. The maximum absolute atomic E-state index is 12.4. The summed E-state index contributed by atoms with van der Waals surface area (Å²) >= 11 is 0. The molecule has 1 aliphatic rings. The molecule has 6 heteroatoms. The number of likely N-dealkylation sites (tertiary alicyclic amines) is 1. The Morgan fingerprint density at radius 3 is 2.83 bits per heavy atom. The van der Waals surface area contributed by atoms with E-state index in [0.717, 1.165) is 43.7 Å². The van der Waals surface area contributed by atoms with E-state index in [-0.39, 0.29) is 6.03 Å². The number of nitrogens with one attached hydrogen (secondary N) is 1. The van der Waals surface area contributed by atoms with Crippen LogP contribution in [0.5, 0.6) is 0 Å². The number of benzene rings is 1. The molecular formula is C18H25N5O. The van der Waals surface area contributed by atoms with Gasteiger partial charge in [-0.15, -0.1) is 10.2 Å². The number of hydrogen-bond donors (Lipinski definition) is 1. The summed E-state index contributed by atoms with van der Waals surface area (Å²) in [5, 5.41) is 11.1. The number of aromatic nitrogens is 3. The number of aryl methyl sites for hydroxylation is 2. The topological polar surface area (TPSA) is 63.1 Å². The van der Waals surface area contributed by atoms with Gasteiger partial charge in [-0.25, -0.2) is 4.79 Å². The van der Waals surface area contributed by atoms with Crippen LogP contribution in [0.25, 0.3) is 0 Å². The van der Waals surface area contributed by atoms with E-state index in [1.165, 1.54) is 5.56 Å². The predicted octanol–water partition coefficient (Wildman–Crippen LogP) is 2.29. The monoisotopic (exact) mass is 327 g/mol. The normalized spacial score (nSPS) is 17.8. The highest BCUT2D eigenvalue weighted by Crippen LogP contribution is 2.20. The molecule has 128 valence electrons. The smallest absolute Gasteiger partial charge is 0.317 e. The van der Waals surface area contributed by atoms with Crippen LogP contribution in [0.1, 0.15) is 29.8 Å². The first-order chi connectivity index (χ1) is 11.6. The highest BCUT2D eigenvalue weighted by Gasteiger charge is 2.24. The SMILES string of the molecule is Cc1ccc(CNC(=O)N2CCCC(Cc3nncn3C)C2)cc1. The molecule has 1 saturated heterocycles. The van der Waals surface area contributed by atoms with Gasteiger partial charge >= 0.3 is 6.03 Å². The summed E-state index contributed by atoms with van der Waals surface area (Å²) in [5.74, 6) is 1.44. The molecule has 1 unspecified atom stereocenters. The quantitative estimate of drug-likeness (QED) is 0.937. The molecular weight excluding hydrogens is 302 g/mol. The van der Waals surface area contributed by atoms with Gasteiger partial charge in [0.25, 0.3) is 0 Å². The third-order valence-electron chi connectivity index (χ3n) is 4.65. The standard InChI is InChI=1S/C18H25N5O/c1-14-5-7-15(8-6-14)11-19-18(24)23-9-3-4-16(12-23)10-17-21-20-13-22(17)2/h5-8,13,16H,3-4,9-12H2,1-2H3,(H,19,24). The van der Waals surface area contributed by atoms with E-state index in [9.17, 15) is 4.79 Å². The molecule has 24 heavy (non-hydrogen) atoms. The molecule has 1 aliphatic heterocycles. The van der Waals surface area contributed by atoms with Crippen LogP contribution >= 0.6 is 0 Å². The first-order valence-corrected chi connectivity index (χ1v) is 8.53. The van der Waals surface area contributed by atoms with Crippen LogP contribution in [0.4, 0.5) is 4.79 Å². The Hall–Kier alpha value is -2.37. The fourth-order valence-electron chi connectivity index (χ4n) is 3.16. The average molecular weight is 327 g/mol. The first-order valence-electron chi connectivity index (χ1n) is 8.53. The Bertz CT molecular complexity index is 679. The van der Waals surface area contributed by atoms with Gasteiger partial charge in [0, 0.05) is 33.1 Å². The van der Waals surface area contributed by atoms with E-state index in [4.69, 9.17) is 0 Å². The van der Waals surface area contributed by atoms with Crippen molar-refractivity contribution in [3.63, 3.8) is 0 Å². The zero-order valence-corrected chi connectivity index (χ0v) is 14.4. The van der Waals surface area contributed by atoms with Crippen molar-refractivity contribution in [2.45, 2.75) is 32.7 Å². The van der Waals surface area contributed by atoms with Crippen LogP contribution in [0.15, 0.2) is 30.6 Å². The molecule has 0 radical (unpaired) electrons. The van der Waals surface area contributed by atoms with E-state index < -0.39 is 0 Å². The van der Waals surface area contributed by atoms with Crippen molar-refractivity contribution >= 4 is 6.03 Å². The van der Waals surface area contributed by atoms with E-state index in [1.54, 1.807) is 6.33 Å². The lowest BCUT2D eigenvalue weighted by Gasteiger charge is -2.32. The first kappa shape index (κ1) is 16.5. The van der Waals surface area contributed by atoms with Crippen molar-refractivity contribution < 1.29 is 4.79 Å². The molecule has 2 aromatic rings. The molecule has 2 heterocycles. The van der Waals surface area contributed by atoms with Crippen molar-refractivity contribution in [2.75, 3.05) is 13.1 Å². The molecule has 0 aliphatic carbocycles.